The second-order valence-electron chi connectivity index (χ2n) is 17.6. The molecule has 3 aliphatic heterocycles. The van der Waals surface area contributed by atoms with Crippen LogP contribution in [0.15, 0.2) is 12.2 Å². The molecule has 0 aromatic rings. The van der Waals surface area contributed by atoms with Crippen LogP contribution in [0.5, 0.6) is 0 Å². The average Bonchev–Trinajstić information content (AvgIpc) is 3.29. The van der Waals surface area contributed by atoms with Gasteiger partial charge < -0.3 is 84.6 Å². The second kappa shape index (κ2) is 16.9. The molecule has 3 aliphatic carbocycles. The van der Waals surface area contributed by atoms with Crippen LogP contribution in [-0.4, -0.2) is 180 Å². The number of hydrogen-bond donors (Lipinski definition) is 11. The lowest BCUT2D eigenvalue weighted by Gasteiger charge is -2.59. The predicted octanol–water partition coefficient (Wildman–Crippen LogP) is -2.69. The molecule has 3 saturated heterocycles. The molecule has 3 saturated carbocycles. The molecule has 0 aromatic heterocycles. The van der Waals surface area contributed by atoms with Gasteiger partial charge in [0.25, 0.3) is 0 Å². The van der Waals surface area contributed by atoms with Crippen LogP contribution in [0.1, 0.15) is 72.1 Å². The Morgan fingerprint density at radius 1 is 0.679 bits per heavy atom. The average molecular weight is 807 g/mol. The Labute approximate surface area is 325 Å². The number of aliphatic hydroxyl groups excluding tert-OH is 11. The Morgan fingerprint density at radius 2 is 1.23 bits per heavy atom. The number of esters is 1. The SMILES string of the molecule is C=C1CC2CCC3[C@](C)(C(=O)OC4OC(CO)C(O)C(O)C4O)CCC[C@@]3(C)[C@@H]2CCC1(C)OC1OC(CO)C(O)C(OC2OC(CO)C(O)C(O)C2O)C1O. The molecule has 3 heterocycles. The van der Waals surface area contributed by atoms with Crippen LogP contribution >= 0.6 is 0 Å². The summed E-state index contributed by atoms with van der Waals surface area (Å²) in [5, 5.41) is 114. The van der Waals surface area contributed by atoms with Crippen LogP contribution in [0, 0.1) is 28.6 Å². The van der Waals surface area contributed by atoms with Crippen molar-refractivity contribution in [3.05, 3.63) is 12.2 Å². The molecular weight excluding hydrogens is 744 g/mol. The molecule has 322 valence electrons. The first-order valence-electron chi connectivity index (χ1n) is 19.8. The molecule has 6 fully saturated rings. The maximum Gasteiger partial charge on any atom is 0.314 e. The third-order valence-electron chi connectivity index (χ3n) is 14.3. The minimum Gasteiger partial charge on any atom is -0.432 e. The highest BCUT2D eigenvalue weighted by Gasteiger charge is 2.61. The van der Waals surface area contributed by atoms with Crippen molar-refractivity contribution < 1.29 is 89.4 Å². The molecule has 0 aromatic carbocycles. The first kappa shape index (κ1) is 44.1. The molecule has 6 aliphatic rings. The van der Waals surface area contributed by atoms with Gasteiger partial charge in [0.1, 0.15) is 73.2 Å². The van der Waals surface area contributed by atoms with Crippen molar-refractivity contribution in [2.75, 3.05) is 19.8 Å². The zero-order valence-corrected chi connectivity index (χ0v) is 32.2. The smallest absolute Gasteiger partial charge is 0.314 e. The second-order valence-corrected chi connectivity index (χ2v) is 17.6. The first-order chi connectivity index (χ1) is 26.3. The zero-order valence-electron chi connectivity index (χ0n) is 32.2. The van der Waals surface area contributed by atoms with E-state index in [4.69, 9.17) is 28.4 Å². The van der Waals surface area contributed by atoms with Gasteiger partial charge in [-0.25, -0.2) is 0 Å². The van der Waals surface area contributed by atoms with E-state index in [0.29, 0.717) is 38.5 Å². The summed E-state index contributed by atoms with van der Waals surface area (Å²) in [6.07, 6.45) is -18.5. The number of carbonyl (C=O) groups excluding carboxylic acids is 1. The molecule has 56 heavy (non-hydrogen) atoms. The predicted molar refractivity (Wildman–Crippen MR) is 189 cm³/mol. The van der Waals surface area contributed by atoms with Gasteiger partial charge in [-0.3, -0.25) is 4.79 Å². The minimum absolute atomic E-state index is 0.106. The van der Waals surface area contributed by atoms with E-state index in [1.165, 1.54) is 0 Å². The van der Waals surface area contributed by atoms with E-state index in [0.717, 1.165) is 18.4 Å². The summed E-state index contributed by atoms with van der Waals surface area (Å²) >= 11 is 0. The summed E-state index contributed by atoms with van der Waals surface area (Å²) in [5.74, 6) is -0.442. The van der Waals surface area contributed by atoms with Gasteiger partial charge in [-0.1, -0.05) is 19.9 Å². The van der Waals surface area contributed by atoms with Crippen LogP contribution < -0.4 is 0 Å². The van der Waals surface area contributed by atoms with Gasteiger partial charge in [0, 0.05) is 0 Å². The summed E-state index contributed by atoms with van der Waals surface area (Å²) in [7, 11) is 0. The summed E-state index contributed by atoms with van der Waals surface area (Å²) in [4.78, 5) is 14.1. The maximum atomic E-state index is 14.1. The molecular formula is C38H62O18. The molecule has 0 amide bonds. The highest BCUT2D eigenvalue weighted by molar-refractivity contribution is 5.77. The molecule has 0 radical (unpaired) electrons. The number of fused-ring (bicyclic) bond motifs is 3. The topological polar surface area (TPSA) is 295 Å². The van der Waals surface area contributed by atoms with E-state index in [-0.39, 0.29) is 23.2 Å². The fraction of sp³-hybridized carbons (Fsp3) is 0.921. The Morgan fingerprint density at radius 3 is 1.84 bits per heavy atom. The van der Waals surface area contributed by atoms with Crippen LogP contribution in [0.3, 0.4) is 0 Å². The van der Waals surface area contributed by atoms with Crippen molar-refractivity contribution in [1.29, 1.82) is 0 Å². The number of ether oxygens (including phenoxy) is 6. The van der Waals surface area contributed by atoms with Gasteiger partial charge in [0.2, 0.25) is 6.29 Å². The van der Waals surface area contributed by atoms with Crippen molar-refractivity contribution >= 4 is 5.97 Å². The van der Waals surface area contributed by atoms with Gasteiger partial charge in [-0.2, -0.15) is 0 Å². The van der Waals surface area contributed by atoms with Gasteiger partial charge in [-0.15, -0.1) is 0 Å². The van der Waals surface area contributed by atoms with Crippen LogP contribution in [0.2, 0.25) is 0 Å². The lowest BCUT2D eigenvalue weighted by molar-refractivity contribution is -0.367. The lowest BCUT2D eigenvalue weighted by Crippen LogP contribution is -2.65. The molecule has 18 nitrogen and oxygen atoms in total. The van der Waals surface area contributed by atoms with Crippen LogP contribution in [-0.2, 0) is 33.2 Å². The van der Waals surface area contributed by atoms with Crippen molar-refractivity contribution in [2.24, 2.45) is 28.6 Å². The standard InChI is InChI=1S/C38H62O18/c1-16-12-17-6-7-22-36(2,9-5-10-37(22,3)35(50)55-33-29(48)27(46)24(43)20(14-40)52-33)18(17)8-11-38(16,4)56-34-30(49)31(25(44)21(15-41)53-34)54-32-28(47)26(45)23(42)19(13-39)51-32/h17-34,39-49H,1,5-15H2,2-4H3/t17?,18-,19?,20?,21?,22?,23?,24?,25?,26?,27?,28?,29?,30?,31?,32?,33?,34?,36+,37-,38?/m1/s1. The number of rotatable bonds is 9. The molecule has 11 N–H and O–H groups in total. The van der Waals surface area contributed by atoms with Crippen LogP contribution in [0.4, 0.5) is 0 Å². The minimum atomic E-state index is -1.81. The monoisotopic (exact) mass is 806 g/mol. The summed E-state index contributed by atoms with van der Waals surface area (Å²) in [5.41, 5.74) is -1.66. The van der Waals surface area contributed by atoms with Crippen molar-refractivity contribution in [3.63, 3.8) is 0 Å². The van der Waals surface area contributed by atoms with E-state index in [1.54, 1.807) is 0 Å². The Hall–Kier alpha value is -1.43. The lowest BCUT2D eigenvalue weighted by atomic mass is 9.45. The summed E-state index contributed by atoms with van der Waals surface area (Å²) < 4.78 is 34.9. The third kappa shape index (κ3) is 7.72. The Bertz CT molecular complexity index is 1380. The first-order valence-corrected chi connectivity index (χ1v) is 19.8. The van der Waals surface area contributed by atoms with E-state index in [9.17, 15) is 61.0 Å². The highest BCUT2D eigenvalue weighted by atomic mass is 16.7. The molecule has 0 bridgehead atoms. The normalized spacial score (nSPS) is 52.7. The van der Waals surface area contributed by atoms with Crippen molar-refractivity contribution in [2.45, 2.75) is 170 Å². The number of carbonyl (C=O) groups is 1. The molecule has 6 rings (SSSR count). The summed E-state index contributed by atoms with van der Waals surface area (Å²) in [6.45, 7) is 8.23. The Balaban J connectivity index is 1.17. The largest absolute Gasteiger partial charge is 0.432 e. The summed E-state index contributed by atoms with van der Waals surface area (Å²) in [6, 6.07) is 0. The number of hydrogen-bond acceptors (Lipinski definition) is 18. The zero-order chi connectivity index (χ0) is 41.1. The fourth-order valence-corrected chi connectivity index (χ4v) is 10.8. The van der Waals surface area contributed by atoms with E-state index >= 15 is 0 Å². The molecule has 21 atom stereocenters. The van der Waals surface area contributed by atoms with Gasteiger partial charge in [0.05, 0.1) is 30.8 Å². The van der Waals surface area contributed by atoms with Gasteiger partial charge in [0.15, 0.2) is 12.6 Å². The van der Waals surface area contributed by atoms with E-state index < -0.39 is 129 Å². The van der Waals surface area contributed by atoms with Crippen molar-refractivity contribution in [3.8, 4) is 0 Å². The quantitative estimate of drug-likeness (QED) is 0.0835. The van der Waals surface area contributed by atoms with E-state index in [1.807, 2.05) is 13.8 Å². The maximum absolute atomic E-state index is 14.1. The Kier molecular flexibility index (Phi) is 13.3. The highest BCUT2D eigenvalue weighted by Crippen LogP contribution is 2.64. The molecule has 18 heteroatoms. The number of aliphatic hydroxyl groups is 11. The fourth-order valence-electron chi connectivity index (χ4n) is 10.8. The third-order valence-corrected chi connectivity index (χ3v) is 14.3. The van der Waals surface area contributed by atoms with E-state index in [2.05, 4.69) is 13.5 Å². The van der Waals surface area contributed by atoms with Gasteiger partial charge >= 0.3 is 5.97 Å². The molecule has 18 unspecified atom stereocenters. The van der Waals surface area contributed by atoms with Crippen molar-refractivity contribution in [1.82, 2.24) is 0 Å². The van der Waals surface area contributed by atoms with Gasteiger partial charge in [-0.05, 0) is 87.5 Å². The van der Waals surface area contributed by atoms with Crippen LogP contribution in [0.25, 0.3) is 0 Å². The molecule has 0 spiro atoms.